The fourth-order valence-electron chi connectivity index (χ4n) is 2.46. The Morgan fingerprint density at radius 1 is 1.47 bits per heavy atom. The third kappa shape index (κ3) is 2.35. The number of aryl methyl sites for hydroxylation is 2. The summed E-state index contributed by atoms with van der Waals surface area (Å²) in [5.41, 5.74) is 4.81. The Kier molecular flexibility index (Phi) is 3.36. The van der Waals surface area contributed by atoms with E-state index in [1.54, 1.807) is 13.8 Å². The van der Waals surface area contributed by atoms with Crippen molar-refractivity contribution in [2.24, 2.45) is 5.73 Å². The molecule has 0 saturated carbocycles. The van der Waals surface area contributed by atoms with Crippen molar-refractivity contribution < 1.29 is 19.1 Å². The minimum atomic E-state index is -1.63. The van der Waals surface area contributed by atoms with E-state index in [9.17, 15) is 14.7 Å². The molecule has 1 atom stereocenters. The second-order valence-corrected chi connectivity index (χ2v) is 5.08. The molecule has 0 bridgehead atoms. The zero-order chi connectivity index (χ0) is 14.2. The molecule has 1 aromatic heterocycles. The fourth-order valence-corrected chi connectivity index (χ4v) is 2.46. The molecule has 0 aliphatic carbocycles. The highest BCUT2D eigenvalue weighted by atomic mass is 16.3. The number of β-amino-alcohol motifs (C(OH)–C–C–N with tert-alkyl or cyclic N) is 1. The van der Waals surface area contributed by atoms with Gasteiger partial charge in [-0.3, -0.25) is 9.59 Å². The predicted molar refractivity (Wildman–Crippen MR) is 67.5 cm³/mol. The number of primary amides is 1. The number of likely N-dealkylation sites (tertiary alicyclic amines) is 1. The van der Waals surface area contributed by atoms with Gasteiger partial charge in [-0.25, -0.2) is 0 Å². The molecule has 3 N–H and O–H groups in total. The van der Waals surface area contributed by atoms with Crippen LogP contribution in [-0.2, 0) is 4.79 Å². The summed E-state index contributed by atoms with van der Waals surface area (Å²) in [6, 6.07) is 0. The first-order valence-corrected chi connectivity index (χ1v) is 6.21. The Morgan fingerprint density at radius 3 is 2.68 bits per heavy atom. The van der Waals surface area contributed by atoms with Crippen LogP contribution in [0.25, 0.3) is 0 Å². The lowest BCUT2D eigenvalue weighted by atomic mass is 9.91. The molecule has 1 aliphatic rings. The molecule has 1 unspecified atom stereocenters. The van der Waals surface area contributed by atoms with Gasteiger partial charge in [0.05, 0.1) is 18.4 Å². The van der Waals surface area contributed by atoms with Gasteiger partial charge in [0.2, 0.25) is 0 Å². The van der Waals surface area contributed by atoms with E-state index in [-0.39, 0.29) is 18.9 Å². The molecule has 2 rings (SSSR count). The molecular formula is C13H18N2O4. The van der Waals surface area contributed by atoms with Crippen LogP contribution in [0.4, 0.5) is 0 Å². The summed E-state index contributed by atoms with van der Waals surface area (Å²) in [5, 5.41) is 10.1. The number of amides is 2. The van der Waals surface area contributed by atoms with Gasteiger partial charge in [-0.15, -0.1) is 0 Å². The lowest BCUT2D eigenvalue weighted by Gasteiger charge is -2.37. The third-order valence-electron chi connectivity index (χ3n) is 3.59. The van der Waals surface area contributed by atoms with E-state index in [0.29, 0.717) is 24.3 Å². The Labute approximate surface area is 111 Å². The molecule has 1 saturated heterocycles. The van der Waals surface area contributed by atoms with Gasteiger partial charge in [-0.1, -0.05) is 0 Å². The lowest BCUT2D eigenvalue weighted by molar-refractivity contribution is -0.140. The van der Waals surface area contributed by atoms with Crippen LogP contribution in [0.15, 0.2) is 10.7 Å². The molecule has 2 heterocycles. The SMILES string of the molecule is Cc1coc(C)c1C(=O)N1CCCC(O)(C(N)=O)C1. The highest BCUT2D eigenvalue weighted by Crippen LogP contribution is 2.25. The lowest BCUT2D eigenvalue weighted by Crippen LogP contribution is -2.57. The van der Waals surface area contributed by atoms with Gasteiger partial charge in [0.1, 0.15) is 5.76 Å². The van der Waals surface area contributed by atoms with Gasteiger partial charge in [-0.2, -0.15) is 0 Å². The van der Waals surface area contributed by atoms with Crippen LogP contribution in [0.2, 0.25) is 0 Å². The van der Waals surface area contributed by atoms with Crippen molar-refractivity contribution in [2.75, 3.05) is 13.1 Å². The van der Waals surface area contributed by atoms with Gasteiger partial charge < -0.3 is 20.2 Å². The van der Waals surface area contributed by atoms with Gasteiger partial charge >= 0.3 is 0 Å². The van der Waals surface area contributed by atoms with Gasteiger partial charge in [-0.05, 0) is 26.7 Å². The first-order valence-electron chi connectivity index (χ1n) is 6.21. The van der Waals surface area contributed by atoms with Crippen LogP contribution in [0.3, 0.4) is 0 Å². The molecule has 6 nitrogen and oxygen atoms in total. The second kappa shape index (κ2) is 4.70. The van der Waals surface area contributed by atoms with Crippen molar-refractivity contribution >= 4 is 11.8 Å². The zero-order valence-corrected chi connectivity index (χ0v) is 11.1. The van der Waals surface area contributed by atoms with Crippen LogP contribution < -0.4 is 5.73 Å². The normalized spacial score (nSPS) is 23.4. The molecule has 1 fully saturated rings. The maximum absolute atomic E-state index is 12.4. The van der Waals surface area contributed by atoms with E-state index in [2.05, 4.69) is 0 Å². The highest BCUT2D eigenvalue weighted by Gasteiger charge is 2.40. The Hall–Kier alpha value is -1.82. The second-order valence-electron chi connectivity index (χ2n) is 5.08. The third-order valence-corrected chi connectivity index (χ3v) is 3.59. The molecular weight excluding hydrogens is 248 g/mol. The molecule has 1 aromatic rings. The molecule has 6 heteroatoms. The molecule has 104 valence electrons. The Bertz CT molecular complexity index is 503. The topological polar surface area (TPSA) is 96.8 Å². The van der Waals surface area contributed by atoms with Crippen molar-refractivity contribution in [3.63, 3.8) is 0 Å². The minimum absolute atomic E-state index is 0.0643. The number of rotatable bonds is 2. The summed E-state index contributed by atoms with van der Waals surface area (Å²) >= 11 is 0. The Balaban J connectivity index is 2.23. The summed E-state index contributed by atoms with van der Waals surface area (Å²) in [4.78, 5) is 25.2. The van der Waals surface area contributed by atoms with E-state index in [4.69, 9.17) is 10.2 Å². The van der Waals surface area contributed by atoms with Gasteiger partial charge in [0.25, 0.3) is 11.8 Å². The summed E-state index contributed by atoms with van der Waals surface area (Å²) in [5.74, 6) is -0.482. The molecule has 2 amide bonds. The first kappa shape index (κ1) is 13.6. The van der Waals surface area contributed by atoms with Crippen molar-refractivity contribution in [3.05, 3.63) is 23.2 Å². The predicted octanol–water partition coefficient (Wildman–Crippen LogP) is 0.349. The molecule has 0 radical (unpaired) electrons. The fraction of sp³-hybridized carbons (Fsp3) is 0.538. The first-order chi connectivity index (χ1) is 8.85. The molecule has 0 spiro atoms. The summed E-state index contributed by atoms with van der Waals surface area (Å²) in [7, 11) is 0. The summed E-state index contributed by atoms with van der Waals surface area (Å²) in [6.07, 6.45) is 2.35. The maximum atomic E-state index is 12.4. The van der Waals surface area contributed by atoms with E-state index in [1.165, 1.54) is 11.2 Å². The van der Waals surface area contributed by atoms with E-state index in [1.807, 2.05) is 0 Å². The number of carbonyl (C=O) groups excluding carboxylic acids is 2. The van der Waals surface area contributed by atoms with Crippen LogP contribution >= 0.6 is 0 Å². The van der Waals surface area contributed by atoms with Gasteiger partial charge in [0.15, 0.2) is 5.60 Å². The molecule has 0 aromatic carbocycles. The number of hydrogen-bond acceptors (Lipinski definition) is 4. The van der Waals surface area contributed by atoms with Crippen molar-refractivity contribution in [1.29, 1.82) is 0 Å². The van der Waals surface area contributed by atoms with Crippen molar-refractivity contribution in [1.82, 2.24) is 4.90 Å². The number of hydrogen-bond donors (Lipinski definition) is 2. The summed E-state index contributed by atoms with van der Waals surface area (Å²) < 4.78 is 5.21. The maximum Gasteiger partial charge on any atom is 0.257 e. The van der Waals surface area contributed by atoms with E-state index in [0.717, 1.165) is 5.56 Å². The van der Waals surface area contributed by atoms with Crippen LogP contribution in [-0.4, -0.2) is 40.5 Å². The highest BCUT2D eigenvalue weighted by molar-refractivity contribution is 5.97. The van der Waals surface area contributed by atoms with Crippen molar-refractivity contribution in [2.45, 2.75) is 32.3 Å². The van der Waals surface area contributed by atoms with Crippen LogP contribution in [0, 0.1) is 13.8 Å². The number of aliphatic hydroxyl groups is 1. The number of nitrogens with two attached hydrogens (primary N) is 1. The number of piperidine rings is 1. The van der Waals surface area contributed by atoms with Crippen LogP contribution in [0.5, 0.6) is 0 Å². The van der Waals surface area contributed by atoms with Crippen LogP contribution in [0.1, 0.15) is 34.5 Å². The van der Waals surface area contributed by atoms with E-state index < -0.39 is 11.5 Å². The molecule has 1 aliphatic heterocycles. The average molecular weight is 266 g/mol. The average Bonchev–Trinajstić information content (AvgIpc) is 2.68. The zero-order valence-electron chi connectivity index (χ0n) is 11.1. The minimum Gasteiger partial charge on any atom is -0.469 e. The number of furan rings is 1. The van der Waals surface area contributed by atoms with E-state index >= 15 is 0 Å². The Morgan fingerprint density at radius 2 is 2.16 bits per heavy atom. The molecule has 19 heavy (non-hydrogen) atoms. The quantitative estimate of drug-likeness (QED) is 0.807. The largest absolute Gasteiger partial charge is 0.469 e. The van der Waals surface area contributed by atoms with Gasteiger partial charge in [0, 0.05) is 12.1 Å². The number of nitrogens with zero attached hydrogens (tertiary/aromatic N) is 1. The smallest absolute Gasteiger partial charge is 0.257 e. The monoisotopic (exact) mass is 266 g/mol. The standard InChI is InChI=1S/C13H18N2O4/c1-8-6-19-9(2)10(8)11(16)15-5-3-4-13(18,7-15)12(14)17/h6,18H,3-5,7H2,1-2H3,(H2,14,17). The summed E-state index contributed by atoms with van der Waals surface area (Å²) in [6.45, 7) is 3.93. The number of carbonyl (C=O) groups is 2. The van der Waals surface area contributed by atoms with Crippen molar-refractivity contribution in [3.8, 4) is 0 Å².